The van der Waals surface area contributed by atoms with E-state index in [0.29, 0.717) is 24.5 Å². The smallest absolute Gasteiger partial charge is 0.290 e. The summed E-state index contributed by atoms with van der Waals surface area (Å²) < 4.78 is 11.5. The van der Waals surface area contributed by atoms with E-state index in [-0.39, 0.29) is 11.4 Å². The van der Waals surface area contributed by atoms with Crippen molar-refractivity contribution in [1.29, 1.82) is 0 Å². The maximum atomic E-state index is 12.7. The van der Waals surface area contributed by atoms with E-state index in [0.717, 1.165) is 15.6 Å². The molecule has 0 unspecified atom stereocenters. The molecule has 0 fully saturated rings. The number of ketones is 1. The first kappa shape index (κ1) is 20.9. The largest absolute Gasteiger partial charge is 0.503 e. The van der Waals surface area contributed by atoms with Crippen LogP contribution in [0.15, 0.2) is 58.3 Å². The van der Waals surface area contributed by atoms with Crippen LogP contribution in [0, 0.1) is 0 Å². The minimum Gasteiger partial charge on any atom is -0.503 e. The standard InChI is InChI=1S/C22H22BrNO5/c1-13(25)19-20(15-5-7-16(23)8-6-15)24(22(27)21(19)26)11-10-14-4-9-17(28-2)18(12-14)29-3/h4-9,12,20,26H,10-11H2,1-3H3/t20-/m0/s1. The van der Waals surface area contributed by atoms with Crippen LogP contribution in [0.3, 0.4) is 0 Å². The highest BCUT2D eigenvalue weighted by Gasteiger charge is 2.42. The molecule has 29 heavy (non-hydrogen) atoms. The van der Waals surface area contributed by atoms with Gasteiger partial charge in [0.15, 0.2) is 23.0 Å². The van der Waals surface area contributed by atoms with Gasteiger partial charge in [0.1, 0.15) is 0 Å². The lowest BCUT2D eigenvalue weighted by molar-refractivity contribution is -0.129. The number of Topliss-reactive ketones (excluding diaryl/α,β-unsaturated/α-hetero) is 1. The number of aliphatic hydroxyl groups is 1. The summed E-state index contributed by atoms with van der Waals surface area (Å²) in [5, 5.41) is 10.4. The second-order valence-corrected chi connectivity index (χ2v) is 7.63. The quantitative estimate of drug-likeness (QED) is 0.677. The molecule has 1 N–H and O–H groups in total. The molecule has 0 spiro atoms. The van der Waals surface area contributed by atoms with Gasteiger partial charge in [-0.2, -0.15) is 0 Å². The topological polar surface area (TPSA) is 76.1 Å². The summed E-state index contributed by atoms with van der Waals surface area (Å²) >= 11 is 3.39. The second kappa shape index (κ2) is 8.69. The molecule has 2 aromatic carbocycles. The number of carbonyl (C=O) groups excluding carboxylic acids is 2. The Kier molecular flexibility index (Phi) is 6.27. The summed E-state index contributed by atoms with van der Waals surface area (Å²) in [6, 6.07) is 12.3. The SMILES string of the molecule is COc1ccc(CCN2C(=O)C(O)=C(C(C)=O)[C@@H]2c2ccc(Br)cc2)cc1OC. The minimum absolute atomic E-state index is 0.129. The van der Waals surface area contributed by atoms with Gasteiger partial charge in [-0.25, -0.2) is 0 Å². The number of benzene rings is 2. The van der Waals surface area contributed by atoms with Crippen LogP contribution in [0.5, 0.6) is 11.5 Å². The molecule has 0 saturated carbocycles. The minimum atomic E-state index is -0.617. The van der Waals surface area contributed by atoms with Crippen molar-refractivity contribution in [3.63, 3.8) is 0 Å². The maximum absolute atomic E-state index is 12.7. The first-order valence-corrected chi connectivity index (χ1v) is 9.88. The van der Waals surface area contributed by atoms with Crippen molar-refractivity contribution in [2.24, 2.45) is 0 Å². The average Bonchev–Trinajstić information content (AvgIpc) is 2.97. The molecule has 1 amide bonds. The van der Waals surface area contributed by atoms with Crippen LogP contribution in [0.1, 0.15) is 24.1 Å². The normalized spacial score (nSPS) is 16.3. The van der Waals surface area contributed by atoms with Gasteiger partial charge in [0, 0.05) is 11.0 Å². The van der Waals surface area contributed by atoms with Crippen LogP contribution in [-0.2, 0) is 16.0 Å². The number of rotatable bonds is 7. The first-order chi connectivity index (χ1) is 13.9. The molecule has 1 heterocycles. The highest BCUT2D eigenvalue weighted by atomic mass is 79.9. The Morgan fingerprint density at radius 2 is 1.76 bits per heavy atom. The van der Waals surface area contributed by atoms with Crippen LogP contribution in [-0.4, -0.2) is 42.5 Å². The van der Waals surface area contributed by atoms with Crippen LogP contribution in [0.4, 0.5) is 0 Å². The number of methoxy groups -OCH3 is 2. The van der Waals surface area contributed by atoms with Crippen molar-refractivity contribution in [2.75, 3.05) is 20.8 Å². The van der Waals surface area contributed by atoms with E-state index in [2.05, 4.69) is 15.9 Å². The lowest BCUT2D eigenvalue weighted by Crippen LogP contribution is -2.32. The Balaban J connectivity index is 1.89. The summed E-state index contributed by atoms with van der Waals surface area (Å²) in [7, 11) is 3.14. The molecule has 0 radical (unpaired) electrons. The van der Waals surface area contributed by atoms with Crippen LogP contribution in [0.2, 0.25) is 0 Å². The second-order valence-electron chi connectivity index (χ2n) is 6.71. The molecule has 0 saturated heterocycles. The molecular formula is C22H22BrNO5. The molecule has 6 nitrogen and oxygen atoms in total. The molecule has 1 atom stereocenters. The number of amides is 1. The molecule has 7 heteroatoms. The number of ether oxygens (including phenoxy) is 2. The van der Waals surface area contributed by atoms with E-state index in [4.69, 9.17) is 9.47 Å². The highest BCUT2D eigenvalue weighted by molar-refractivity contribution is 9.10. The zero-order valence-electron chi connectivity index (χ0n) is 16.4. The summed E-state index contributed by atoms with van der Waals surface area (Å²) in [5.74, 6) is -0.106. The van der Waals surface area contributed by atoms with Gasteiger partial charge in [-0.05, 0) is 48.7 Å². The van der Waals surface area contributed by atoms with Gasteiger partial charge in [0.05, 0.1) is 25.8 Å². The Morgan fingerprint density at radius 3 is 2.34 bits per heavy atom. The number of hydrogen-bond donors (Lipinski definition) is 1. The number of halogens is 1. The Morgan fingerprint density at radius 1 is 1.10 bits per heavy atom. The van der Waals surface area contributed by atoms with Gasteiger partial charge in [0.25, 0.3) is 5.91 Å². The summed E-state index contributed by atoms with van der Waals surface area (Å²) in [6.07, 6.45) is 0.525. The zero-order chi connectivity index (χ0) is 21.1. The van der Waals surface area contributed by atoms with Crippen molar-refractivity contribution in [2.45, 2.75) is 19.4 Å². The number of hydrogen-bond acceptors (Lipinski definition) is 5. The third kappa shape index (κ3) is 4.15. The van der Waals surface area contributed by atoms with Gasteiger partial charge >= 0.3 is 0 Å². The molecule has 1 aliphatic rings. The van der Waals surface area contributed by atoms with E-state index < -0.39 is 17.7 Å². The van der Waals surface area contributed by atoms with Gasteiger partial charge in [-0.1, -0.05) is 34.1 Å². The fraction of sp³-hybridized carbons (Fsp3) is 0.273. The van der Waals surface area contributed by atoms with Gasteiger partial charge in [-0.3, -0.25) is 9.59 Å². The fourth-order valence-electron chi connectivity index (χ4n) is 3.52. The predicted octanol–water partition coefficient (Wildman–Crippen LogP) is 3.99. The maximum Gasteiger partial charge on any atom is 0.290 e. The lowest BCUT2D eigenvalue weighted by atomic mass is 9.96. The highest BCUT2D eigenvalue weighted by Crippen LogP contribution is 2.38. The third-order valence-electron chi connectivity index (χ3n) is 4.96. The van der Waals surface area contributed by atoms with Crippen molar-refractivity contribution in [3.05, 3.63) is 69.4 Å². The van der Waals surface area contributed by atoms with Crippen molar-refractivity contribution < 1.29 is 24.2 Å². The van der Waals surface area contributed by atoms with Crippen LogP contribution in [0.25, 0.3) is 0 Å². The number of carbonyl (C=O) groups is 2. The van der Waals surface area contributed by atoms with E-state index >= 15 is 0 Å². The average molecular weight is 460 g/mol. The summed E-state index contributed by atoms with van der Waals surface area (Å²) in [4.78, 5) is 26.5. The third-order valence-corrected chi connectivity index (χ3v) is 5.49. The molecular weight excluding hydrogens is 438 g/mol. The Labute approximate surface area is 177 Å². The molecule has 0 aromatic heterocycles. The van der Waals surface area contributed by atoms with Gasteiger partial charge in [-0.15, -0.1) is 0 Å². The van der Waals surface area contributed by atoms with E-state index in [1.807, 2.05) is 42.5 Å². The molecule has 2 aromatic rings. The van der Waals surface area contributed by atoms with Crippen molar-refractivity contribution >= 4 is 27.6 Å². The monoisotopic (exact) mass is 459 g/mol. The molecule has 1 aliphatic heterocycles. The first-order valence-electron chi connectivity index (χ1n) is 9.08. The summed E-state index contributed by atoms with van der Waals surface area (Å²) in [5.41, 5.74) is 1.84. The molecule has 0 aliphatic carbocycles. The van der Waals surface area contributed by atoms with Crippen LogP contribution >= 0.6 is 15.9 Å². The van der Waals surface area contributed by atoms with E-state index in [9.17, 15) is 14.7 Å². The van der Waals surface area contributed by atoms with Gasteiger partial charge in [0.2, 0.25) is 0 Å². The molecule has 152 valence electrons. The van der Waals surface area contributed by atoms with E-state index in [1.165, 1.54) is 11.8 Å². The summed E-state index contributed by atoms with van der Waals surface area (Å²) in [6.45, 7) is 1.69. The Bertz CT molecular complexity index is 968. The molecule has 3 rings (SSSR count). The van der Waals surface area contributed by atoms with Gasteiger partial charge < -0.3 is 19.5 Å². The van der Waals surface area contributed by atoms with Crippen molar-refractivity contribution in [3.8, 4) is 11.5 Å². The van der Waals surface area contributed by atoms with E-state index in [1.54, 1.807) is 14.2 Å². The number of nitrogens with zero attached hydrogens (tertiary/aromatic N) is 1. The van der Waals surface area contributed by atoms with Crippen LogP contribution < -0.4 is 9.47 Å². The van der Waals surface area contributed by atoms with Crippen molar-refractivity contribution in [1.82, 2.24) is 4.90 Å². The zero-order valence-corrected chi connectivity index (χ0v) is 18.0. The number of aliphatic hydroxyl groups excluding tert-OH is 1. The Hall–Kier alpha value is -2.80. The lowest BCUT2D eigenvalue weighted by Gasteiger charge is -2.26. The predicted molar refractivity (Wildman–Crippen MR) is 112 cm³/mol. The molecule has 0 bridgehead atoms. The fourth-order valence-corrected chi connectivity index (χ4v) is 3.79.